The van der Waals surface area contributed by atoms with Crippen molar-refractivity contribution >= 4 is 12.6 Å². The lowest BCUT2D eigenvalue weighted by atomic mass is 9.82. The first-order valence-corrected chi connectivity index (χ1v) is 7.09. The van der Waals surface area contributed by atoms with Crippen LogP contribution >= 0.6 is 12.6 Å². The fourth-order valence-corrected chi connectivity index (χ4v) is 3.04. The largest absolute Gasteiger partial charge is 0.176 e. The van der Waals surface area contributed by atoms with Gasteiger partial charge in [-0.25, -0.2) is 0 Å². The van der Waals surface area contributed by atoms with E-state index in [1.165, 1.54) is 19.3 Å². The highest BCUT2D eigenvalue weighted by Gasteiger charge is 2.20. The van der Waals surface area contributed by atoms with E-state index in [0.717, 1.165) is 23.7 Å². The molecule has 0 aliphatic carbocycles. The van der Waals surface area contributed by atoms with Crippen LogP contribution in [0.5, 0.6) is 0 Å². The predicted octanol–water partition coefficient (Wildman–Crippen LogP) is 5.04. The van der Waals surface area contributed by atoms with Gasteiger partial charge in [0.1, 0.15) is 0 Å². The molecule has 0 fully saturated rings. The normalized spacial score (nSPS) is 18.2. The Morgan fingerprint density at radius 3 is 1.67 bits per heavy atom. The second kappa shape index (κ2) is 7.60. The van der Waals surface area contributed by atoms with E-state index < -0.39 is 0 Å². The van der Waals surface area contributed by atoms with Crippen LogP contribution in [0.3, 0.4) is 0 Å². The molecule has 15 heavy (non-hydrogen) atoms. The van der Waals surface area contributed by atoms with Gasteiger partial charge in [-0.2, -0.15) is 12.6 Å². The van der Waals surface area contributed by atoms with Crippen molar-refractivity contribution in [2.24, 2.45) is 23.7 Å². The highest BCUT2D eigenvalue weighted by molar-refractivity contribution is 7.80. The molecular weight excluding hydrogens is 200 g/mol. The molecule has 1 heteroatoms. The number of hydrogen-bond acceptors (Lipinski definition) is 1. The van der Waals surface area contributed by atoms with Gasteiger partial charge in [0.05, 0.1) is 0 Å². The predicted molar refractivity (Wildman–Crippen MR) is 74.6 cm³/mol. The number of hydrogen-bond donors (Lipinski definition) is 1. The van der Waals surface area contributed by atoms with Crippen molar-refractivity contribution in [2.45, 2.75) is 66.1 Å². The van der Waals surface area contributed by atoms with Crippen LogP contribution < -0.4 is 0 Å². The molecule has 0 radical (unpaired) electrons. The Morgan fingerprint density at radius 1 is 0.867 bits per heavy atom. The minimum absolute atomic E-state index is 0.537. The summed E-state index contributed by atoms with van der Waals surface area (Å²) in [6, 6.07) is 0. The van der Waals surface area contributed by atoms with Crippen LogP contribution in [-0.4, -0.2) is 5.25 Å². The zero-order valence-electron chi connectivity index (χ0n) is 11.5. The van der Waals surface area contributed by atoms with Gasteiger partial charge in [-0.05, 0) is 36.5 Å². The second-order valence-electron chi connectivity index (χ2n) is 5.64. The van der Waals surface area contributed by atoms with Gasteiger partial charge in [0, 0.05) is 5.25 Å². The molecule has 0 aliphatic rings. The molecule has 0 N–H and O–H groups in total. The average Bonchev–Trinajstić information content (AvgIpc) is 2.10. The van der Waals surface area contributed by atoms with E-state index in [4.69, 9.17) is 0 Å². The third-order valence-corrected chi connectivity index (χ3v) is 4.20. The summed E-state index contributed by atoms with van der Waals surface area (Å²) in [5.41, 5.74) is 0. The van der Waals surface area contributed by atoms with Gasteiger partial charge >= 0.3 is 0 Å². The summed E-state index contributed by atoms with van der Waals surface area (Å²) in [6.07, 6.45) is 4.05. The topological polar surface area (TPSA) is 0 Å². The van der Waals surface area contributed by atoms with Crippen molar-refractivity contribution in [2.75, 3.05) is 0 Å². The smallest absolute Gasteiger partial charge is 0.00191 e. The highest BCUT2D eigenvalue weighted by atomic mass is 32.1. The van der Waals surface area contributed by atoms with Gasteiger partial charge < -0.3 is 0 Å². The fraction of sp³-hybridized carbons (Fsp3) is 1.00. The van der Waals surface area contributed by atoms with E-state index in [1.807, 2.05) is 0 Å². The van der Waals surface area contributed by atoms with E-state index in [2.05, 4.69) is 54.2 Å². The maximum atomic E-state index is 4.62. The van der Waals surface area contributed by atoms with E-state index in [-0.39, 0.29) is 0 Å². The van der Waals surface area contributed by atoms with E-state index in [9.17, 15) is 0 Å². The lowest BCUT2D eigenvalue weighted by Gasteiger charge is -2.27. The van der Waals surface area contributed by atoms with Gasteiger partial charge in [0.15, 0.2) is 0 Å². The lowest BCUT2D eigenvalue weighted by molar-refractivity contribution is 0.277. The molecule has 0 rings (SSSR count). The molecule has 0 bridgehead atoms. The number of rotatable bonds is 7. The summed E-state index contributed by atoms with van der Waals surface area (Å²) in [6.45, 7) is 13.9. The van der Waals surface area contributed by atoms with Crippen LogP contribution in [0.15, 0.2) is 0 Å². The van der Waals surface area contributed by atoms with Crippen LogP contribution in [0.25, 0.3) is 0 Å². The van der Waals surface area contributed by atoms with Gasteiger partial charge in [0.25, 0.3) is 0 Å². The third kappa shape index (κ3) is 5.85. The summed E-state index contributed by atoms with van der Waals surface area (Å²) >= 11 is 4.62. The quantitative estimate of drug-likeness (QED) is 0.582. The molecule has 3 atom stereocenters. The third-order valence-electron chi connectivity index (χ3n) is 3.81. The highest BCUT2D eigenvalue weighted by Crippen LogP contribution is 2.29. The second-order valence-corrected chi connectivity index (χ2v) is 6.45. The molecule has 92 valence electrons. The summed E-state index contributed by atoms with van der Waals surface area (Å²) in [5, 5.41) is 0.537. The average molecular weight is 230 g/mol. The van der Waals surface area contributed by atoms with Crippen molar-refractivity contribution in [3.63, 3.8) is 0 Å². The molecule has 0 aromatic rings. The van der Waals surface area contributed by atoms with Gasteiger partial charge in [-0.1, -0.05) is 48.0 Å². The van der Waals surface area contributed by atoms with Crippen molar-refractivity contribution < 1.29 is 0 Å². The van der Waals surface area contributed by atoms with Crippen LogP contribution in [-0.2, 0) is 0 Å². The molecule has 0 spiro atoms. The Labute approximate surface area is 103 Å². The molecule has 0 aromatic carbocycles. The van der Waals surface area contributed by atoms with Crippen LogP contribution in [0.1, 0.15) is 60.8 Å². The maximum Gasteiger partial charge on any atom is 0.00191 e. The molecule has 0 heterocycles. The minimum Gasteiger partial charge on any atom is -0.176 e. The van der Waals surface area contributed by atoms with Gasteiger partial charge in [0.2, 0.25) is 0 Å². The van der Waals surface area contributed by atoms with E-state index >= 15 is 0 Å². The first-order chi connectivity index (χ1) is 6.90. The van der Waals surface area contributed by atoms with Crippen molar-refractivity contribution in [1.82, 2.24) is 0 Å². The summed E-state index contributed by atoms with van der Waals surface area (Å²) in [5.74, 6) is 3.28. The summed E-state index contributed by atoms with van der Waals surface area (Å²) < 4.78 is 0. The Morgan fingerprint density at radius 2 is 1.40 bits per heavy atom. The van der Waals surface area contributed by atoms with Crippen molar-refractivity contribution in [3.05, 3.63) is 0 Å². The maximum absolute atomic E-state index is 4.62. The molecule has 0 saturated heterocycles. The monoisotopic (exact) mass is 230 g/mol. The minimum atomic E-state index is 0.537. The summed E-state index contributed by atoms with van der Waals surface area (Å²) in [4.78, 5) is 0. The zero-order valence-corrected chi connectivity index (χ0v) is 12.3. The Balaban J connectivity index is 4.08. The first kappa shape index (κ1) is 15.3. The Bertz CT molecular complexity index is 141. The van der Waals surface area contributed by atoms with Crippen LogP contribution in [0.4, 0.5) is 0 Å². The Hall–Kier alpha value is 0.350. The molecule has 3 unspecified atom stereocenters. The SMILES string of the molecule is CCC(CCC(C(C)C)C(C)S)C(C)C. The standard InChI is InChI=1S/C14H30S/c1-7-13(10(2)3)8-9-14(11(4)5)12(6)15/h10-15H,7-9H2,1-6H3. The molecule has 0 nitrogen and oxygen atoms in total. The molecule has 0 aromatic heterocycles. The first-order valence-electron chi connectivity index (χ1n) is 6.58. The van der Waals surface area contributed by atoms with Crippen LogP contribution in [0, 0.1) is 23.7 Å². The Kier molecular flexibility index (Phi) is 7.77. The van der Waals surface area contributed by atoms with E-state index in [1.54, 1.807) is 0 Å². The zero-order chi connectivity index (χ0) is 12.0. The molecule has 0 aliphatic heterocycles. The molecule has 0 saturated carbocycles. The van der Waals surface area contributed by atoms with Crippen molar-refractivity contribution in [3.8, 4) is 0 Å². The molecule has 0 amide bonds. The fourth-order valence-electron chi connectivity index (χ4n) is 2.55. The number of thiol groups is 1. The lowest BCUT2D eigenvalue weighted by Crippen LogP contribution is -2.20. The van der Waals surface area contributed by atoms with Crippen LogP contribution in [0.2, 0.25) is 0 Å². The van der Waals surface area contributed by atoms with Gasteiger partial charge in [-0.3, -0.25) is 0 Å². The summed E-state index contributed by atoms with van der Waals surface area (Å²) in [7, 11) is 0. The molecular formula is C14H30S. The van der Waals surface area contributed by atoms with E-state index in [0.29, 0.717) is 5.25 Å². The van der Waals surface area contributed by atoms with Crippen molar-refractivity contribution in [1.29, 1.82) is 0 Å². The van der Waals surface area contributed by atoms with Gasteiger partial charge in [-0.15, -0.1) is 0 Å².